The van der Waals surface area contributed by atoms with Crippen molar-refractivity contribution in [1.82, 2.24) is 10.6 Å². The second-order valence-electron chi connectivity index (χ2n) is 7.45. The molecule has 1 aromatic carbocycles. The zero-order chi connectivity index (χ0) is 20.5. The third-order valence-corrected chi connectivity index (χ3v) is 5.16. The van der Waals surface area contributed by atoms with Crippen molar-refractivity contribution in [2.24, 2.45) is 11.8 Å². The number of carboxylic acid groups (broad SMARTS) is 1. The highest BCUT2D eigenvalue weighted by molar-refractivity contribution is 5.81. The van der Waals surface area contributed by atoms with Crippen LogP contribution in [0.15, 0.2) is 24.3 Å². The number of benzene rings is 1. The maximum Gasteiger partial charge on any atom is 0.308 e. The highest BCUT2D eigenvalue weighted by Gasteiger charge is 2.25. The third kappa shape index (κ3) is 6.55. The zero-order valence-corrected chi connectivity index (χ0v) is 16.6. The number of carbonyl (C=O) groups is 3. The highest BCUT2D eigenvalue weighted by atomic mass is 16.5. The van der Waals surface area contributed by atoms with Gasteiger partial charge in [0.2, 0.25) is 11.8 Å². The Labute approximate surface area is 165 Å². The zero-order valence-electron chi connectivity index (χ0n) is 16.6. The Morgan fingerprint density at radius 1 is 1.21 bits per heavy atom. The molecule has 0 radical (unpaired) electrons. The van der Waals surface area contributed by atoms with Gasteiger partial charge in [0.25, 0.3) is 0 Å². The van der Waals surface area contributed by atoms with Crippen LogP contribution in [-0.4, -0.2) is 42.6 Å². The van der Waals surface area contributed by atoms with Crippen molar-refractivity contribution in [2.45, 2.75) is 51.5 Å². The van der Waals surface area contributed by atoms with E-state index in [1.54, 1.807) is 13.0 Å². The molecule has 7 heteroatoms. The van der Waals surface area contributed by atoms with E-state index in [2.05, 4.69) is 10.6 Å². The van der Waals surface area contributed by atoms with Gasteiger partial charge >= 0.3 is 5.97 Å². The van der Waals surface area contributed by atoms with E-state index in [1.807, 2.05) is 18.2 Å². The first-order valence-electron chi connectivity index (χ1n) is 9.82. The first kappa shape index (κ1) is 21.7. The minimum atomic E-state index is -0.978. The summed E-state index contributed by atoms with van der Waals surface area (Å²) in [7, 11) is 1.54. The number of aliphatic carboxylic acids is 1. The highest BCUT2D eigenvalue weighted by Crippen LogP contribution is 2.25. The van der Waals surface area contributed by atoms with Crippen LogP contribution >= 0.6 is 0 Å². The largest absolute Gasteiger partial charge is 0.496 e. The van der Waals surface area contributed by atoms with E-state index in [1.165, 1.54) is 7.11 Å². The van der Waals surface area contributed by atoms with Gasteiger partial charge in [0, 0.05) is 24.9 Å². The van der Waals surface area contributed by atoms with Gasteiger partial charge in [-0.2, -0.15) is 0 Å². The molecule has 0 aliphatic heterocycles. The summed E-state index contributed by atoms with van der Waals surface area (Å²) in [5.74, 6) is -1.31. The lowest BCUT2D eigenvalue weighted by atomic mass is 9.98. The molecular weight excluding hydrogens is 360 g/mol. The monoisotopic (exact) mass is 390 g/mol. The van der Waals surface area contributed by atoms with E-state index in [4.69, 9.17) is 4.74 Å². The number of methoxy groups -OCH3 is 1. The van der Waals surface area contributed by atoms with Crippen molar-refractivity contribution in [3.63, 3.8) is 0 Å². The lowest BCUT2D eigenvalue weighted by Crippen LogP contribution is -2.41. The van der Waals surface area contributed by atoms with Gasteiger partial charge in [0.15, 0.2) is 0 Å². The molecule has 28 heavy (non-hydrogen) atoms. The number of ether oxygens (including phenoxy) is 1. The average molecular weight is 390 g/mol. The molecule has 0 aromatic heterocycles. The molecule has 2 unspecified atom stereocenters. The number of hydrogen-bond donors (Lipinski definition) is 3. The summed E-state index contributed by atoms with van der Waals surface area (Å²) in [5, 5.41) is 15.1. The number of para-hydroxylation sites is 1. The number of amides is 2. The molecule has 2 amide bonds. The van der Waals surface area contributed by atoms with Crippen LogP contribution in [0.3, 0.4) is 0 Å². The fourth-order valence-electron chi connectivity index (χ4n) is 3.57. The van der Waals surface area contributed by atoms with Gasteiger partial charge in [-0.05, 0) is 37.8 Å². The molecule has 0 bridgehead atoms. The third-order valence-electron chi connectivity index (χ3n) is 5.16. The Kier molecular flexibility index (Phi) is 8.29. The molecule has 0 saturated heterocycles. The van der Waals surface area contributed by atoms with Gasteiger partial charge in [-0.25, -0.2) is 0 Å². The minimum absolute atomic E-state index is 0.0115. The standard InChI is InChI=1S/C21H30N2O5/c1-14(23-20(25)15-7-3-4-8-15)11-19(24)22-13-17(21(26)27)12-16-9-5-6-10-18(16)28-2/h5-6,9-10,14-15,17H,3-4,7-8,11-13H2,1-2H3,(H,22,24)(H,23,25)(H,26,27). The van der Waals surface area contributed by atoms with E-state index in [9.17, 15) is 19.5 Å². The van der Waals surface area contributed by atoms with E-state index >= 15 is 0 Å². The summed E-state index contributed by atoms with van der Waals surface area (Å²) in [6, 6.07) is 6.95. The van der Waals surface area contributed by atoms with E-state index in [0.29, 0.717) is 5.75 Å². The maximum atomic E-state index is 12.2. The molecule has 0 heterocycles. The molecule has 1 fully saturated rings. The van der Waals surface area contributed by atoms with Gasteiger partial charge in [0.1, 0.15) is 5.75 Å². The molecule has 7 nitrogen and oxygen atoms in total. The van der Waals surface area contributed by atoms with Crippen molar-refractivity contribution in [2.75, 3.05) is 13.7 Å². The molecule has 2 rings (SSSR count). The summed E-state index contributed by atoms with van der Waals surface area (Å²) < 4.78 is 5.26. The van der Waals surface area contributed by atoms with Crippen LogP contribution in [0.1, 0.15) is 44.6 Å². The van der Waals surface area contributed by atoms with Crippen molar-refractivity contribution >= 4 is 17.8 Å². The van der Waals surface area contributed by atoms with Crippen molar-refractivity contribution in [3.05, 3.63) is 29.8 Å². The summed E-state index contributed by atoms with van der Waals surface area (Å²) in [5.41, 5.74) is 0.781. The summed E-state index contributed by atoms with van der Waals surface area (Å²) in [6.45, 7) is 1.81. The number of carboxylic acids is 1. The molecule has 2 atom stereocenters. The second kappa shape index (κ2) is 10.7. The molecule has 1 saturated carbocycles. The van der Waals surface area contributed by atoms with Crippen molar-refractivity contribution < 1.29 is 24.2 Å². The Bertz CT molecular complexity index is 685. The second-order valence-corrected chi connectivity index (χ2v) is 7.45. The lowest BCUT2D eigenvalue weighted by Gasteiger charge is -2.18. The maximum absolute atomic E-state index is 12.2. The van der Waals surface area contributed by atoms with Gasteiger partial charge in [-0.1, -0.05) is 31.0 Å². The van der Waals surface area contributed by atoms with Crippen LogP contribution in [0.5, 0.6) is 5.75 Å². The number of rotatable bonds is 10. The fourth-order valence-corrected chi connectivity index (χ4v) is 3.57. The first-order valence-corrected chi connectivity index (χ1v) is 9.82. The van der Waals surface area contributed by atoms with Gasteiger partial charge < -0.3 is 20.5 Å². The quantitative estimate of drug-likeness (QED) is 0.568. The van der Waals surface area contributed by atoms with Crippen molar-refractivity contribution in [1.29, 1.82) is 0 Å². The Morgan fingerprint density at radius 2 is 1.89 bits per heavy atom. The molecule has 0 spiro atoms. The smallest absolute Gasteiger partial charge is 0.308 e. The molecule has 1 aliphatic carbocycles. The van der Waals surface area contributed by atoms with Gasteiger partial charge in [-0.3, -0.25) is 14.4 Å². The van der Waals surface area contributed by atoms with Crippen LogP contribution in [0.25, 0.3) is 0 Å². The molecule has 1 aliphatic rings. The van der Waals surface area contributed by atoms with E-state index in [-0.39, 0.29) is 43.2 Å². The van der Waals surface area contributed by atoms with Crippen LogP contribution in [0.2, 0.25) is 0 Å². The topological polar surface area (TPSA) is 105 Å². The number of hydrogen-bond acceptors (Lipinski definition) is 4. The summed E-state index contributed by atoms with van der Waals surface area (Å²) in [4.78, 5) is 35.9. The fraction of sp³-hybridized carbons (Fsp3) is 0.571. The predicted molar refractivity (Wildman–Crippen MR) is 105 cm³/mol. The first-order chi connectivity index (χ1) is 13.4. The molecule has 3 N–H and O–H groups in total. The van der Waals surface area contributed by atoms with Crippen LogP contribution in [0.4, 0.5) is 0 Å². The number of carbonyl (C=O) groups excluding carboxylic acids is 2. The van der Waals surface area contributed by atoms with Crippen LogP contribution < -0.4 is 15.4 Å². The van der Waals surface area contributed by atoms with Gasteiger partial charge in [0.05, 0.1) is 13.0 Å². The molecule has 1 aromatic rings. The Balaban J connectivity index is 1.81. The predicted octanol–water partition coefficient (Wildman–Crippen LogP) is 2.14. The SMILES string of the molecule is COc1ccccc1CC(CNC(=O)CC(C)NC(=O)C1CCCC1)C(=O)O. The average Bonchev–Trinajstić information content (AvgIpc) is 3.20. The normalized spacial score (nSPS) is 16.2. The summed E-state index contributed by atoms with van der Waals surface area (Å²) >= 11 is 0. The summed E-state index contributed by atoms with van der Waals surface area (Å²) in [6.07, 6.45) is 4.36. The lowest BCUT2D eigenvalue weighted by molar-refractivity contribution is -0.141. The Morgan fingerprint density at radius 3 is 2.54 bits per heavy atom. The minimum Gasteiger partial charge on any atom is -0.496 e. The van der Waals surface area contributed by atoms with Crippen molar-refractivity contribution in [3.8, 4) is 5.75 Å². The van der Waals surface area contributed by atoms with E-state index < -0.39 is 11.9 Å². The number of nitrogens with one attached hydrogen (secondary N) is 2. The molecule has 154 valence electrons. The Hall–Kier alpha value is -2.57. The van der Waals surface area contributed by atoms with Crippen LogP contribution in [-0.2, 0) is 20.8 Å². The van der Waals surface area contributed by atoms with E-state index in [0.717, 1.165) is 31.2 Å². The van der Waals surface area contributed by atoms with Crippen LogP contribution in [0, 0.1) is 11.8 Å². The van der Waals surface area contributed by atoms with Gasteiger partial charge in [-0.15, -0.1) is 0 Å². The molecular formula is C21H30N2O5.